The molecule has 0 spiro atoms. The van der Waals surface area contributed by atoms with Crippen molar-refractivity contribution in [1.82, 2.24) is 0 Å². The molecule has 0 fully saturated rings. The lowest BCUT2D eigenvalue weighted by Gasteiger charge is -2.09. The molecule has 2 aromatic carbocycles. The van der Waals surface area contributed by atoms with E-state index in [1.54, 1.807) is 0 Å². The zero-order valence-corrected chi connectivity index (χ0v) is 12.6. The Morgan fingerprint density at radius 1 is 1.33 bits per heavy atom. The molecule has 2 aromatic rings. The molecule has 108 valence electrons. The first-order valence-corrected chi connectivity index (χ1v) is 6.77. The maximum atomic E-state index is 13.0. The minimum atomic E-state index is -0.659. The van der Waals surface area contributed by atoms with Crippen molar-refractivity contribution in [3.63, 3.8) is 0 Å². The van der Waals surface area contributed by atoms with E-state index in [9.17, 15) is 19.3 Å². The molecule has 0 heterocycles. The largest absolute Gasteiger partial charge is 0.393 e. The number of para-hydroxylation sites is 1. The van der Waals surface area contributed by atoms with Crippen LogP contribution in [0, 0.1) is 19.5 Å². The third-order valence-corrected chi connectivity index (χ3v) is 3.60. The molecule has 0 saturated heterocycles. The van der Waals surface area contributed by atoms with E-state index in [2.05, 4.69) is 5.32 Å². The molecule has 0 bridgehead atoms. The van der Waals surface area contributed by atoms with Crippen molar-refractivity contribution in [2.24, 2.45) is 0 Å². The summed E-state index contributed by atoms with van der Waals surface area (Å²) in [5, 5.41) is 13.3. The topological polar surface area (TPSA) is 98.3 Å². The van der Waals surface area contributed by atoms with Crippen LogP contribution < -0.4 is 11.1 Å². The van der Waals surface area contributed by atoms with E-state index >= 15 is 0 Å². The minimum absolute atomic E-state index is 0.00988. The highest BCUT2D eigenvalue weighted by Crippen LogP contribution is 2.26. The molecule has 0 aromatic heterocycles. The van der Waals surface area contributed by atoms with Gasteiger partial charge in [-0.05, 0) is 46.9 Å². The second-order valence-corrected chi connectivity index (χ2v) is 5.24. The van der Waals surface area contributed by atoms with Crippen molar-refractivity contribution in [3.8, 4) is 0 Å². The number of rotatable bonds is 3. The number of anilines is 2. The Labute approximate surface area is 132 Å². The van der Waals surface area contributed by atoms with Gasteiger partial charge in [-0.25, -0.2) is 4.39 Å². The van der Waals surface area contributed by atoms with Gasteiger partial charge in [-0.2, -0.15) is 0 Å². The number of nitrogens with zero attached hydrogens (tertiary/aromatic N) is 1. The Bertz CT molecular complexity index is 737. The van der Waals surface area contributed by atoms with E-state index in [4.69, 9.17) is 5.73 Å². The number of hydrogen-bond acceptors (Lipinski definition) is 4. The highest BCUT2D eigenvalue weighted by Gasteiger charge is 2.19. The van der Waals surface area contributed by atoms with Crippen molar-refractivity contribution in [3.05, 3.63) is 61.5 Å². The standard InChI is InChI=1S/C13H9FIN3O3/c14-7-4-5-10(9(15)6-7)17-13(19)8-2-1-3-11(12(8)16)18(20)21/h1-6H,16H2,(H,17,19). The van der Waals surface area contributed by atoms with E-state index in [1.165, 1.54) is 36.4 Å². The Morgan fingerprint density at radius 2 is 2.05 bits per heavy atom. The summed E-state index contributed by atoms with van der Waals surface area (Å²) in [7, 11) is 0. The molecule has 0 aliphatic heterocycles. The lowest BCUT2D eigenvalue weighted by atomic mass is 10.1. The van der Waals surface area contributed by atoms with Crippen LogP contribution in [-0.4, -0.2) is 10.8 Å². The van der Waals surface area contributed by atoms with Gasteiger partial charge in [0, 0.05) is 9.64 Å². The molecule has 21 heavy (non-hydrogen) atoms. The fourth-order valence-electron chi connectivity index (χ4n) is 1.69. The second-order valence-electron chi connectivity index (χ2n) is 4.07. The highest BCUT2D eigenvalue weighted by molar-refractivity contribution is 14.1. The van der Waals surface area contributed by atoms with Gasteiger partial charge in [-0.15, -0.1) is 0 Å². The van der Waals surface area contributed by atoms with E-state index in [0.29, 0.717) is 9.26 Å². The number of nitro benzene ring substituents is 1. The number of benzene rings is 2. The number of amides is 1. The molecular formula is C13H9FIN3O3. The van der Waals surface area contributed by atoms with Gasteiger partial charge in [0.25, 0.3) is 11.6 Å². The Morgan fingerprint density at radius 3 is 2.67 bits per heavy atom. The summed E-state index contributed by atoms with van der Waals surface area (Å²) in [6.45, 7) is 0. The predicted octanol–water partition coefficient (Wildman–Crippen LogP) is 3.17. The monoisotopic (exact) mass is 401 g/mol. The van der Waals surface area contributed by atoms with E-state index in [1.807, 2.05) is 22.6 Å². The van der Waals surface area contributed by atoms with Gasteiger partial charge < -0.3 is 11.1 Å². The van der Waals surface area contributed by atoms with Crippen LogP contribution in [0.2, 0.25) is 0 Å². The first kappa shape index (κ1) is 15.2. The Hall–Kier alpha value is -2.23. The molecule has 6 nitrogen and oxygen atoms in total. The molecule has 0 radical (unpaired) electrons. The molecule has 1 amide bonds. The molecule has 0 saturated carbocycles. The zero-order chi connectivity index (χ0) is 15.6. The van der Waals surface area contributed by atoms with Crippen LogP contribution in [0.25, 0.3) is 0 Å². The van der Waals surface area contributed by atoms with Crippen LogP contribution in [-0.2, 0) is 0 Å². The van der Waals surface area contributed by atoms with Gasteiger partial charge in [0.15, 0.2) is 0 Å². The van der Waals surface area contributed by atoms with E-state index in [0.717, 1.165) is 0 Å². The highest BCUT2D eigenvalue weighted by atomic mass is 127. The van der Waals surface area contributed by atoms with Gasteiger partial charge in [0.05, 0.1) is 16.2 Å². The van der Waals surface area contributed by atoms with Crippen molar-refractivity contribution < 1.29 is 14.1 Å². The lowest BCUT2D eigenvalue weighted by molar-refractivity contribution is -0.383. The molecule has 0 unspecified atom stereocenters. The van der Waals surface area contributed by atoms with Gasteiger partial charge in [-0.1, -0.05) is 6.07 Å². The summed E-state index contributed by atoms with van der Waals surface area (Å²) in [6, 6.07) is 7.84. The number of carbonyl (C=O) groups is 1. The average molecular weight is 401 g/mol. The number of halogens is 2. The van der Waals surface area contributed by atoms with Crippen molar-refractivity contribution in [2.75, 3.05) is 11.1 Å². The van der Waals surface area contributed by atoms with Crippen molar-refractivity contribution in [1.29, 1.82) is 0 Å². The number of nitrogens with two attached hydrogens (primary N) is 1. The first-order chi connectivity index (χ1) is 9.90. The smallest absolute Gasteiger partial charge is 0.292 e. The number of nitro groups is 1. The van der Waals surface area contributed by atoms with Gasteiger partial charge in [0.2, 0.25) is 0 Å². The Balaban J connectivity index is 2.33. The predicted molar refractivity (Wildman–Crippen MR) is 84.6 cm³/mol. The van der Waals surface area contributed by atoms with Crippen LogP contribution in [0.3, 0.4) is 0 Å². The fraction of sp³-hybridized carbons (Fsp3) is 0. The van der Waals surface area contributed by atoms with Crippen LogP contribution >= 0.6 is 22.6 Å². The maximum Gasteiger partial charge on any atom is 0.292 e. The molecule has 0 aliphatic rings. The van der Waals surface area contributed by atoms with Crippen LogP contribution in [0.15, 0.2) is 36.4 Å². The number of carbonyl (C=O) groups excluding carboxylic acids is 1. The number of hydrogen-bond donors (Lipinski definition) is 2. The third-order valence-electron chi connectivity index (χ3n) is 2.70. The normalized spacial score (nSPS) is 10.2. The van der Waals surface area contributed by atoms with E-state index in [-0.39, 0.29) is 16.9 Å². The summed E-state index contributed by atoms with van der Waals surface area (Å²) in [6.07, 6.45) is 0. The molecule has 0 atom stereocenters. The van der Waals surface area contributed by atoms with Crippen LogP contribution in [0.1, 0.15) is 10.4 Å². The minimum Gasteiger partial charge on any atom is -0.393 e. The molecule has 3 N–H and O–H groups in total. The van der Waals surface area contributed by atoms with Crippen molar-refractivity contribution >= 4 is 45.6 Å². The third kappa shape index (κ3) is 3.27. The van der Waals surface area contributed by atoms with Crippen LogP contribution in [0.5, 0.6) is 0 Å². The molecular weight excluding hydrogens is 392 g/mol. The number of nitrogens with one attached hydrogen (secondary N) is 1. The summed E-state index contributed by atoms with van der Waals surface area (Å²) in [4.78, 5) is 22.3. The zero-order valence-electron chi connectivity index (χ0n) is 10.5. The Kier molecular flexibility index (Phi) is 4.36. The van der Waals surface area contributed by atoms with Crippen LogP contribution in [0.4, 0.5) is 21.5 Å². The maximum absolute atomic E-state index is 13.0. The summed E-state index contributed by atoms with van der Waals surface area (Å²) in [5.41, 5.74) is 5.48. The van der Waals surface area contributed by atoms with Crippen molar-refractivity contribution in [2.45, 2.75) is 0 Å². The molecule has 2 rings (SSSR count). The van der Waals surface area contributed by atoms with Gasteiger partial charge in [-0.3, -0.25) is 14.9 Å². The van der Waals surface area contributed by atoms with E-state index < -0.39 is 16.6 Å². The molecule has 8 heteroatoms. The average Bonchev–Trinajstić information content (AvgIpc) is 2.41. The fourth-order valence-corrected chi connectivity index (χ4v) is 2.30. The lowest BCUT2D eigenvalue weighted by Crippen LogP contribution is -2.15. The van der Waals surface area contributed by atoms with Gasteiger partial charge >= 0.3 is 0 Å². The SMILES string of the molecule is Nc1c(C(=O)Nc2ccc(F)cc2I)cccc1[N+](=O)[O-]. The number of nitrogen functional groups attached to an aromatic ring is 1. The molecule has 0 aliphatic carbocycles. The van der Waals surface area contributed by atoms with Gasteiger partial charge in [0.1, 0.15) is 11.5 Å². The summed E-state index contributed by atoms with van der Waals surface area (Å²) in [5.74, 6) is -1.02. The first-order valence-electron chi connectivity index (χ1n) is 5.69. The summed E-state index contributed by atoms with van der Waals surface area (Å²) < 4.78 is 13.5. The second kappa shape index (κ2) is 6.04. The quantitative estimate of drug-likeness (QED) is 0.357. The summed E-state index contributed by atoms with van der Waals surface area (Å²) >= 11 is 1.87.